The summed E-state index contributed by atoms with van der Waals surface area (Å²) in [6, 6.07) is 16.7. The zero-order valence-corrected chi connectivity index (χ0v) is 24.9. The molecule has 0 saturated carbocycles. The second-order valence-electron chi connectivity index (χ2n) is 9.71. The molecule has 236 valence electrons. The first-order chi connectivity index (χ1) is 20.8. The lowest BCUT2D eigenvalue weighted by atomic mass is 10.0. The minimum atomic E-state index is -5.75. The van der Waals surface area contributed by atoms with Crippen LogP contribution in [0.3, 0.4) is 0 Å². The lowest BCUT2D eigenvalue weighted by Crippen LogP contribution is -2.48. The average molecular weight is 635 g/mol. The molecule has 0 radical (unpaired) electrons. The molecule has 0 bridgehead atoms. The van der Waals surface area contributed by atoms with Gasteiger partial charge in [0.05, 0.1) is 19.3 Å². The number of rotatable bonds is 14. The topological polar surface area (TPSA) is 160 Å². The van der Waals surface area contributed by atoms with Crippen molar-refractivity contribution in [2.45, 2.75) is 38.1 Å². The fourth-order valence-corrected chi connectivity index (χ4v) is 4.46. The monoisotopic (exact) mass is 634 g/mol. The molecule has 0 fully saturated rings. The minimum absolute atomic E-state index is 0.0544. The highest BCUT2D eigenvalue weighted by atomic mass is 31.2. The highest BCUT2D eigenvalue weighted by Gasteiger charge is 2.50. The molecule has 1 atom stereocenters. The summed E-state index contributed by atoms with van der Waals surface area (Å²) in [7, 11) is -4.47. The van der Waals surface area contributed by atoms with E-state index >= 15 is 0 Å². The first-order valence-electron chi connectivity index (χ1n) is 13.4. The third-order valence-electron chi connectivity index (χ3n) is 6.43. The van der Waals surface area contributed by atoms with Crippen LogP contribution in [-0.2, 0) is 37.5 Å². The third-order valence-corrected chi connectivity index (χ3v) is 7.42. The molecule has 2 amide bonds. The van der Waals surface area contributed by atoms with Gasteiger partial charge in [0.25, 0.3) is 0 Å². The van der Waals surface area contributed by atoms with Gasteiger partial charge in [-0.3, -0.25) is 9.36 Å². The Hall–Kier alpha value is -4.32. The second kappa shape index (κ2) is 15.4. The number of halogens is 2. The number of nitrogens with one attached hydrogen (secondary N) is 2. The Morgan fingerprint density at radius 2 is 1.66 bits per heavy atom. The van der Waals surface area contributed by atoms with Crippen LogP contribution in [0.1, 0.15) is 39.0 Å². The zero-order valence-electron chi connectivity index (χ0n) is 24.0. The first-order valence-corrected chi connectivity index (χ1v) is 15.0. The fourth-order valence-electron chi connectivity index (χ4n) is 3.98. The van der Waals surface area contributed by atoms with Gasteiger partial charge in [0, 0.05) is 18.5 Å². The maximum absolute atomic E-state index is 14.1. The Labute approximate surface area is 252 Å². The number of amides is 2. The van der Waals surface area contributed by atoms with Crippen molar-refractivity contribution in [1.82, 2.24) is 10.6 Å². The van der Waals surface area contributed by atoms with Crippen LogP contribution < -0.4 is 15.4 Å². The third kappa shape index (κ3) is 9.60. The van der Waals surface area contributed by atoms with Gasteiger partial charge >= 0.3 is 25.3 Å². The Kier molecular flexibility index (Phi) is 12.0. The Morgan fingerprint density at radius 3 is 2.30 bits per heavy atom. The van der Waals surface area contributed by atoms with Crippen molar-refractivity contribution in [1.29, 1.82) is 0 Å². The van der Waals surface area contributed by atoms with E-state index in [9.17, 15) is 27.7 Å². The van der Waals surface area contributed by atoms with E-state index in [0.717, 1.165) is 23.3 Å². The van der Waals surface area contributed by atoms with Gasteiger partial charge in [0.15, 0.2) is 0 Å². The van der Waals surface area contributed by atoms with Gasteiger partial charge in [-0.1, -0.05) is 60.7 Å². The van der Waals surface area contributed by atoms with Crippen molar-refractivity contribution in [2.75, 3.05) is 20.3 Å². The SMILES string of the molecule is COC(=O)c1cc(OCCCNC(=O)C(Cc2ccc(C(F)(F)P(=O)(O)O)cc2)NC(=O)OCc2ccccc2)ccc1C. The number of hydrogen-bond acceptors (Lipinski definition) is 7. The van der Waals surface area contributed by atoms with Gasteiger partial charge in [0.2, 0.25) is 5.91 Å². The molecule has 0 heterocycles. The van der Waals surface area contributed by atoms with Crippen molar-refractivity contribution in [3.8, 4) is 5.75 Å². The van der Waals surface area contributed by atoms with Crippen molar-refractivity contribution < 1.29 is 51.7 Å². The maximum Gasteiger partial charge on any atom is 0.408 e. The van der Waals surface area contributed by atoms with Gasteiger partial charge < -0.3 is 34.6 Å². The zero-order chi connectivity index (χ0) is 32.3. The Balaban J connectivity index is 1.61. The van der Waals surface area contributed by atoms with Crippen LogP contribution >= 0.6 is 7.60 Å². The number of alkyl carbamates (subject to hydrolysis) is 1. The molecule has 0 aliphatic heterocycles. The molecule has 3 aromatic rings. The number of hydrogen-bond donors (Lipinski definition) is 4. The summed E-state index contributed by atoms with van der Waals surface area (Å²) in [5.74, 6) is -0.642. The molecule has 0 aliphatic carbocycles. The number of aryl methyl sites for hydroxylation is 1. The molecule has 0 aliphatic rings. The molecular weight excluding hydrogens is 601 g/mol. The van der Waals surface area contributed by atoms with Crippen LogP contribution in [0.4, 0.5) is 13.6 Å². The number of esters is 1. The van der Waals surface area contributed by atoms with Crippen molar-refractivity contribution >= 4 is 25.6 Å². The van der Waals surface area contributed by atoms with Gasteiger partial charge in [0.1, 0.15) is 18.4 Å². The minimum Gasteiger partial charge on any atom is -0.494 e. The summed E-state index contributed by atoms with van der Waals surface area (Å²) in [5, 5.41) is 5.16. The summed E-state index contributed by atoms with van der Waals surface area (Å²) in [5.41, 5.74) is -3.13. The molecule has 44 heavy (non-hydrogen) atoms. The van der Waals surface area contributed by atoms with E-state index in [4.69, 9.17) is 24.0 Å². The summed E-state index contributed by atoms with van der Waals surface area (Å²) < 4.78 is 54.9. The van der Waals surface area contributed by atoms with Crippen LogP contribution in [0.15, 0.2) is 72.8 Å². The highest BCUT2D eigenvalue weighted by molar-refractivity contribution is 7.52. The Bertz CT molecular complexity index is 1480. The van der Waals surface area contributed by atoms with E-state index in [1.807, 2.05) is 0 Å². The Morgan fingerprint density at radius 1 is 0.977 bits per heavy atom. The molecule has 0 spiro atoms. The molecule has 0 saturated heterocycles. The van der Waals surface area contributed by atoms with E-state index < -0.39 is 42.8 Å². The molecule has 14 heteroatoms. The quantitative estimate of drug-likeness (QED) is 0.114. The van der Waals surface area contributed by atoms with Gasteiger partial charge in [-0.2, -0.15) is 8.78 Å². The molecule has 1 unspecified atom stereocenters. The summed E-state index contributed by atoms with van der Waals surface area (Å²) in [4.78, 5) is 55.4. The summed E-state index contributed by atoms with van der Waals surface area (Å²) >= 11 is 0. The van der Waals surface area contributed by atoms with Crippen molar-refractivity contribution in [2.24, 2.45) is 0 Å². The van der Waals surface area contributed by atoms with Crippen LogP contribution in [0.25, 0.3) is 0 Å². The number of carbonyl (C=O) groups is 3. The van der Waals surface area contributed by atoms with E-state index in [2.05, 4.69) is 10.6 Å². The molecule has 3 aromatic carbocycles. The first kappa shape index (κ1) is 34.2. The van der Waals surface area contributed by atoms with Crippen LogP contribution in [0.5, 0.6) is 5.75 Å². The van der Waals surface area contributed by atoms with Crippen LogP contribution in [0.2, 0.25) is 0 Å². The number of ether oxygens (including phenoxy) is 3. The maximum atomic E-state index is 14.1. The van der Waals surface area contributed by atoms with Crippen molar-refractivity contribution in [3.63, 3.8) is 0 Å². The number of benzene rings is 3. The average Bonchev–Trinajstić information content (AvgIpc) is 3.00. The lowest BCUT2D eigenvalue weighted by molar-refractivity contribution is -0.123. The molecule has 3 rings (SSSR count). The highest BCUT2D eigenvalue weighted by Crippen LogP contribution is 2.59. The lowest BCUT2D eigenvalue weighted by Gasteiger charge is -2.20. The fraction of sp³-hybridized carbons (Fsp3) is 0.300. The smallest absolute Gasteiger partial charge is 0.408 e. The molecule has 0 aromatic heterocycles. The van der Waals surface area contributed by atoms with E-state index in [0.29, 0.717) is 23.3 Å². The number of carbonyl (C=O) groups excluding carboxylic acids is 3. The largest absolute Gasteiger partial charge is 0.494 e. The molecule has 4 N–H and O–H groups in total. The second-order valence-corrected chi connectivity index (χ2v) is 11.4. The predicted molar refractivity (Wildman–Crippen MR) is 155 cm³/mol. The molecular formula is C30H33F2N2O9P. The van der Waals surface area contributed by atoms with Crippen LogP contribution in [-0.4, -0.2) is 54.1 Å². The van der Waals surface area contributed by atoms with E-state index in [-0.39, 0.29) is 26.2 Å². The van der Waals surface area contributed by atoms with Gasteiger partial charge in [-0.25, -0.2) is 9.59 Å². The molecule has 11 nitrogen and oxygen atoms in total. The normalized spacial score (nSPS) is 12.1. The number of alkyl halides is 2. The van der Waals surface area contributed by atoms with Gasteiger partial charge in [-0.05, 0) is 42.2 Å². The summed E-state index contributed by atoms with van der Waals surface area (Å²) in [6.07, 6.45) is -0.655. The van der Waals surface area contributed by atoms with Crippen molar-refractivity contribution in [3.05, 3.63) is 101 Å². The summed E-state index contributed by atoms with van der Waals surface area (Å²) in [6.45, 7) is 2.05. The van der Waals surface area contributed by atoms with Gasteiger partial charge in [-0.15, -0.1) is 0 Å². The van der Waals surface area contributed by atoms with Crippen LogP contribution in [0, 0.1) is 6.92 Å². The van der Waals surface area contributed by atoms with E-state index in [1.165, 1.54) is 19.2 Å². The van der Waals surface area contributed by atoms with E-state index in [1.54, 1.807) is 55.5 Å². The standard InChI is InChI=1S/C30H33F2N2O9P/c1-20-9-14-24(18-25(20)28(36)41-2)42-16-6-15-33-27(35)26(34-29(37)43-19-22-7-4-3-5-8-22)17-21-10-12-23(13-11-21)30(31,32)44(38,39)40/h3-5,7-14,18,26H,6,15-17,19H2,1-2H3,(H,33,35)(H,34,37)(H2,38,39,40). The number of methoxy groups -OCH3 is 1. The predicted octanol–water partition coefficient (Wildman–Crippen LogP) is 4.43.